The van der Waals surface area contributed by atoms with Crippen LogP contribution in [-0.2, 0) is 6.54 Å². The summed E-state index contributed by atoms with van der Waals surface area (Å²) >= 11 is 7.37. The normalized spacial score (nSPS) is 12.0. The SMILES string of the molecule is CC(C)(C)NCc1cc(-c2csc(Cl)c2)on1. The van der Waals surface area contributed by atoms with Gasteiger partial charge in [0.05, 0.1) is 10.0 Å². The van der Waals surface area contributed by atoms with Crippen molar-refractivity contribution in [1.29, 1.82) is 0 Å². The van der Waals surface area contributed by atoms with Crippen molar-refractivity contribution in [2.24, 2.45) is 0 Å². The molecule has 3 nitrogen and oxygen atoms in total. The van der Waals surface area contributed by atoms with Crippen molar-refractivity contribution in [1.82, 2.24) is 10.5 Å². The molecule has 0 aliphatic heterocycles. The minimum Gasteiger partial charge on any atom is -0.356 e. The van der Waals surface area contributed by atoms with Gasteiger partial charge in [0.2, 0.25) is 0 Å². The van der Waals surface area contributed by atoms with Crippen molar-refractivity contribution >= 4 is 22.9 Å². The Morgan fingerprint density at radius 3 is 2.76 bits per heavy atom. The molecule has 2 heterocycles. The molecule has 2 aromatic heterocycles. The number of nitrogens with zero attached hydrogens (tertiary/aromatic N) is 1. The second kappa shape index (κ2) is 4.80. The molecule has 0 radical (unpaired) electrons. The number of hydrogen-bond donors (Lipinski definition) is 1. The lowest BCUT2D eigenvalue weighted by molar-refractivity contribution is 0.392. The van der Waals surface area contributed by atoms with E-state index in [4.69, 9.17) is 16.1 Å². The van der Waals surface area contributed by atoms with Crippen LogP contribution in [0.5, 0.6) is 0 Å². The van der Waals surface area contributed by atoms with Gasteiger partial charge in [-0.2, -0.15) is 0 Å². The van der Waals surface area contributed by atoms with Gasteiger partial charge in [0, 0.05) is 29.1 Å². The maximum absolute atomic E-state index is 5.88. The van der Waals surface area contributed by atoms with E-state index in [-0.39, 0.29) is 5.54 Å². The highest BCUT2D eigenvalue weighted by Gasteiger charge is 2.12. The fourth-order valence-corrected chi connectivity index (χ4v) is 2.20. The van der Waals surface area contributed by atoms with E-state index < -0.39 is 0 Å². The van der Waals surface area contributed by atoms with Crippen LogP contribution in [0.15, 0.2) is 22.0 Å². The summed E-state index contributed by atoms with van der Waals surface area (Å²) in [7, 11) is 0. The fourth-order valence-electron chi connectivity index (χ4n) is 1.33. The molecule has 1 N–H and O–H groups in total. The molecule has 5 heteroatoms. The van der Waals surface area contributed by atoms with E-state index in [2.05, 4.69) is 31.2 Å². The van der Waals surface area contributed by atoms with Gasteiger partial charge in [0.25, 0.3) is 0 Å². The third kappa shape index (κ3) is 3.56. The summed E-state index contributed by atoms with van der Waals surface area (Å²) in [5.41, 5.74) is 1.96. The predicted molar refractivity (Wildman–Crippen MR) is 71.4 cm³/mol. The zero-order valence-electron chi connectivity index (χ0n) is 10.1. The lowest BCUT2D eigenvalue weighted by Gasteiger charge is -2.19. The lowest BCUT2D eigenvalue weighted by atomic mass is 10.1. The Labute approximate surface area is 110 Å². The van der Waals surface area contributed by atoms with E-state index in [9.17, 15) is 0 Å². The van der Waals surface area contributed by atoms with Crippen molar-refractivity contribution < 1.29 is 4.52 Å². The lowest BCUT2D eigenvalue weighted by Crippen LogP contribution is -2.35. The van der Waals surface area contributed by atoms with Gasteiger partial charge in [-0.05, 0) is 26.8 Å². The van der Waals surface area contributed by atoms with Gasteiger partial charge < -0.3 is 9.84 Å². The summed E-state index contributed by atoms with van der Waals surface area (Å²) in [5, 5.41) is 9.35. The van der Waals surface area contributed by atoms with Gasteiger partial charge in [-0.15, -0.1) is 11.3 Å². The van der Waals surface area contributed by atoms with Gasteiger partial charge in [-0.1, -0.05) is 16.8 Å². The average molecular weight is 271 g/mol. The molecule has 0 saturated carbocycles. The van der Waals surface area contributed by atoms with Crippen molar-refractivity contribution in [3.05, 3.63) is 27.5 Å². The maximum atomic E-state index is 5.88. The summed E-state index contributed by atoms with van der Waals surface area (Å²) in [5.74, 6) is 0.763. The molecule has 2 aromatic rings. The minimum absolute atomic E-state index is 0.0742. The van der Waals surface area contributed by atoms with E-state index >= 15 is 0 Å². The van der Waals surface area contributed by atoms with Crippen molar-refractivity contribution in [3.63, 3.8) is 0 Å². The quantitative estimate of drug-likeness (QED) is 0.918. The summed E-state index contributed by atoms with van der Waals surface area (Å²) in [4.78, 5) is 0. The standard InChI is InChI=1S/C12H15ClN2OS/c1-12(2,3)14-6-9-5-10(16-15-9)8-4-11(13)17-7-8/h4-5,7,14H,6H2,1-3H3. The van der Waals surface area contributed by atoms with Crippen LogP contribution in [0.25, 0.3) is 11.3 Å². The molecule has 0 aliphatic carbocycles. The first-order valence-corrected chi connectivity index (χ1v) is 6.65. The van der Waals surface area contributed by atoms with E-state index in [0.29, 0.717) is 6.54 Å². The molecule has 0 atom stereocenters. The van der Waals surface area contributed by atoms with Crippen LogP contribution < -0.4 is 5.32 Å². The molecule has 0 aromatic carbocycles. The Balaban J connectivity index is 2.06. The molecule has 0 bridgehead atoms. The molecule has 17 heavy (non-hydrogen) atoms. The number of aromatic nitrogens is 1. The number of hydrogen-bond acceptors (Lipinski definition) is 4. The molecule has 0 saturated heterocycles. The highest BCUT2D eigenvalue weighted by atomic mass is 35.5. The minimum atomic E-state index is 0.0742. The summed E-state index contributed by atoms with van der Waals surface area (Å²) in [6, 6.07) is 3.82. The average Bonchev–Trinajstić information content (AvgIpc) is 2.81. The third-order valence-electron chi connectivity index (χ3n) is 2.21. The van der Waals surface area contributed by atoms with Gasteiger partial charge >= 0.3 is 0 Å². The van der Waals surface area contributed by atoms with Crippen molar-refractivity contribution in [3.8, 4) is 11.3 Å². The van der Waals surface area contributed by atoms with Crippen LogP contribution in [0.2, 0.25) is 4.34 Å². The largest absolute Gasteiger partial charge is 0.356 e. The molecule has 0 spiro atoms. The van der Waals surface area contributed by atoms with Crippen LogP contribution >= 0.6 is 22.9 Å². The molecule has 0 amide bonds. The number of nitrogens with one attached hydrogen (secondary N) is 1. The van der Waals surface area contributed by atoms with Crippen LogP contribution in [0, 0.1) is 0 Å². The molecular formula is C12H15ClN2OS. The fraction of sp³-hybridized carbons (Fsp3) is 0.417. The Morgan fingerprint density at radius 2 is 2.18 bits per heavy atom. The van der Waals surface area contributed by atoms with Crippen LogP contribution in [0.4, 0.5) is 0 Å². The van der Waals surface area contributed by atoms with E-state index in [1.807, 2.05) is 17.5 Å². The van der Waals surface area contributed by atoms with Crippen molar-refractivity contribution in [2.45, 2.75) is 32.9 Å². The first-order valence-electron chi connectivity index (χ1n) is 5.39. The summed E-state index contributed by atoms with van der Waals surface area (Å²) < 4.78 is 6.04. The predicted octanol–water partition coefficient (Wildman–Crippen LogP) is 3.94. The monoisotopic (exact) mass is 270 g/mol. The molecule has 2 rings (SSSR count). The summed E-state index contributed by atoms with van der Waals surface area (Å²) in [6.45, 7) is 7.05. The molecular weight excluding hydrogens is 256 g/mol. The Hall–Kier alpha value is -0.840. The Kier molecular flexibility index (Phi) is 3.56. The highest BCUT2D eigenvalue weighted by Crippen LogP contribution is 2.29. The van der Waals surface area contributed by atoms with Crippen LogP contribution in [-0.4, -0.2) is 10.7 Å². The van der Waals surface area contributed by atoms with Gasteiger partial charge in [-0.25, -0.2) is 0 Å². The van der Waals surface area contributed by atoms with Gasteiger partial charge in [0.15, 0.2) is 5.76 Å². The Bertz CT molecular complexity index is 499. The van der Waals surface area contributed by atoms with Gasteiger partial charge in [-0.3, -0.25) is 0 Å². The van der Waals surface area contributed by atoms with Crippen LogP contribution in [0.1, 0.15) is 26.5 Å². The van der Waals surface area contributed by atoms with Gasteiger partial charge in [0.1, 0.15) is 0 Å². The van der Waals surface area contributed by atoms with E-state index in [1.165, 1.54) is 11.3 Å². The second-order valence-electron chi connectivity index (χ2n) is 4.93. The number of thiophene rings is 1. The van der Waals surface area contributed by atoms with E-state index in [0.717, 1.165) is 21.4 Å². The number of halogens is 1. The molecule has 0 fully saturated rings. The zero-order chi connectivity index (χ0) is 12.5. The van der Waals surface area contributed by atoms with E-state index in [1.54, 1.807) is 0 Å². The molecule has 0 unspecified atom stereocenters. The van der Waals surface area contributed by atoms with Crippen LogP contribution in [0.3, 0.4) is 0 Å². The first kappa shape index (κ1) is 12.6. The first-order chi connectivity index (χ1) is 7.94. The number of rotatable bonds is 3. The molecule has 0 aliphatic rings. The third-order valence-corrected chi connectivity index (χ3v) is 3.30. The van der Waals surface area contributed by atoms with Crippen molar-refractivity contribution in [2.75, 3.05) is 0 Å². The highest BCUT2D eigenvalue weighted by molar-refractivity contribution is 7.14. The maximum Gasteiger partial charge on any atom is 0.168 e. The molecule has 92 valence electrons. The summed E-state index contributed by atoms with van der Waals surface area (Å²) in [6.07, 6.45) is 0. The zero-order valence-corrected chi connectivity index (χ0v) is 11.7. The Morgan fingerprint density at radius 1 is 1.41 bits per heavy atom. The topological polar surface area (TPSA) is 38.1 Å². The smallest absolute Gasteiger partial charge is 0.168 e. The second-order valence-corrected chi connectivity index (χ2v) is 6.47.